The van der Waals surface area contributed by atoms with E-state index < -0.39 is 6.16 Å². The van der Waals surface area contributed by atoms with Gasteiger partial charge in [-0.25, -0.2) is 4.79 Å². The molecular formula is C26H32N2O8. The fourth-order valence-electron chi connectivity index (χ4n) is 3.98. The van der Waals surface area contributed by atoms with Crippen molar-refractivity contribution in [1.82, 2.24) is 10.2 Å². The number of hydrogen-bond acceptors (Lipinski definition) is 8. The molecule has 2 aromatic rings. The van der Waals surface area contributed by atoms with E-state index in [1.807, 2.05) is 0 Å². The zero-order valence-corrected chi connectivity index (χ0v) is 21.0. The number of amides is 2. The highest BCUT2D eigenvalue weighted by atomic mass is 16.7. The summed E-state index contributed by atoms with van der Waals surface area (Å²) in [5, 5.41) is 2.97. The fraction of sp³-hybridized carbons (Fsp3) is 0.423. The smallest absolute Gasteiger partial charge is 0.493 e. The SMILES string of the molecule is CCOC(=O)Oc1ccc(C(=O)N2CCC(CNC(=O)c3cc(OC)c(OC)c(OC)c3)CC2)cc1. The monoisotopic (exact) mass is 500 g/mol. The minimum Gasteiger partial charge on any atom is -0.493 e. The van der Waals surface area contributed by atoms with Gasteiger partial charge in [0, 0.05) is 30.8 Å². The standard InChI is InChI=1S/C26H32N2O8/c1-5-35-26(31)36-20-8-6-18(7-9-20)25(30)28-12-10-17(11-13-28)16-27-24(29)19-14-21(32-2)23(34-4)22(15-19)33-3/h6-9,14-15,17H,5,10-13,16H2,1-4H3,(H,27,29). The highest BCUT2D eigenvalue weighted by Crippen LogP contribution is 2.38. The second kappa shape index (κ2) is 12.7. The molecular weight excluding hydrogens is 468 g/mol. The van der Waals surface area contributed by atoms with Crippen LogP contribution in [0.5, 0.6) is 23.0 Å². The van der Waals surface area contributed by atoms with Crippen LogP contribution in [0.2, 0.25) is 0 Å². The second-order valence-corrected chi connectivity index (χ2v) is 8.17. The summed E-state index contributed by atoms with van der Waals surface area (Å²) < 4.78 is 25.7. The first-order valence-corrected chi connectivity index (χ1v) is 11.7. The molecule has 2 aromatic carbocycles. The molecule has 2 amide bonds. The van der Waals surface area contributed by atoms with E-state index in [9.17, 15) is 14.4 Å². The average molecular weight is 501 g/mol. The molecule has 1 N–H and O–H groups in total. The number of rotatable bonds is 9. The van der Waals surface area contributed by atoms with E-state index in [0.717, 1.165) is 12.8 Å². The maximum absolute atomic E-state index is 12.9. The summed E-state index contributed by atoms with van der Waals surface area (Å²) in [6, 6.07) is 9.61. The molecule has 0 spiro atoms. The number of hydrogen-bond donors (Lipinski definition) is 1. The van der Waals surface area contributed by atoms with Gasteiger partial charge in [0.25, 0.3) is 11.8 Å². The summed E-state index contributed by atoms with van der Waals surface area (Å²) in [5.74, 6) is 1.49. The van der Waals surface area contributed by atoms with Crippen molar-refractivity contribution in [3.05, 3.63) is 47.5 Å². The number of methoxy groups -OCH3 is 3. The number of nitrogens with one attached hydrogen (secondary N) is 1. The molecule has 0 bridgehead atoms. The Labute approximate surface area is 210 Å². The minimum atomic E-state index is -0.781. The third kappa shape index (κ3) is 6.59. The topological polar surface area (TPSA) is 113 Å². The van der Waals surface area contributed by atoms with Crippen LogP contribution < -0.4 is 24.3 Å². The van der Waals surface area contributed by atoms with Gasteiger partial charge in [0.05, 0.1) is 27.9 Å². The summed E-state index contributed by atoms with van der Waals surface area (Å²) in [6.45, 7) is 3.59. The van der Waals surface area contributed by atoms with Crippen LogP contribution in [0.1, 0.15) is 40.5 Å². The van der Waals surface area contributed by atoms with Crippen LogP contribution in [0, 0.1) is 5.92 Å². The van der Waals surface area contributed by atoms with Crippen LogP contribution in [0.15, 0.2) is 36.4 Å². The first kappa shape index (κ1) is 26.7. The van der Waals surface area contributed by atoms with E-state index in [1.54, 1.807) is 48.2 Å². The second-order valence-electron chi connectivity index (χ2n) is 8.17. The Hall–Kier alpha value is -3.95. The molecule has 0 aliphatic carbocycles. The van der Waals surface area contributed by atoms with Gasteiger partial charge in [-0.3, -0.25) is 9.59 Å². The molecule has 1 fully saturated rings. The molecule has 0 atom stereocenters. The predicted molar refractivity (Wildman–Crippen MR) is 131 cm³/mol. The van der Waals surface area contributed by atoms with Gasteiger partial charge in [0.1, 0.15) is 5.75 Å². The van der Waals surface area contributed by atoms with Crippen LogP contribution in [0.4, 0.5) is 4.79 Å². The number of carbonyl (C=O) groups excluding carboxylic acids is 3. The van der Waals surface area contributed by atoms with Crippen LogP contribution in [-0.4, -0.2) is 70.4 Å². The molecule has 1 heterocycles. The quantitative estimate of drug-likeness (QED) is 0.411. The largest absolute Gasteiger partial charge is 0.513 e. The van der Waals surface area contributed by atoms with E-state index in [0.29, 0.717) is 53.8 Å². The van der Waals surface area contributed by atoms with Gasteiger partial charge in [-0.15, -0.1) is 0 Å². The molecule has 0 aromatic heterocycles. The molecule has 10 heteroatoms. The van der Waals surface area contributed by atoms with Crippen molar-refractivity contribution in [1.29, 1.82) is 0 Å². The lowest BCUT2D eigenvalue weighted by atomic mass is 9.96. The summed E-state index contributed by atoms with van der Waals surface area (Å²) in [5.41, 5.74) is 0.924. The molecule has 10 nitrogen and oxygen atoms in total. The van der Waals surface area contributed by atoms with Crippen molar-refractivity contribution in [2.75, 3.05) is 47.6 Å². The van der Waals surface area contributed by atoms with E-state index >= 15 is 0 Å². The van der Waals surface area contributed by atoms with Crippen molar-refractivity contribution in [2.24, 2.45) is 5.92 Å². The zero-order valence-electron chi connectivity index (χ0n) is 21.0. The third-order valence-electron chi connectivity index (χ3n) is 5.94. The minimum absolute atomic E-state index is 0.0856. The van der Waals surface area contributed by atoms with Gasteiger partial charge in [-0.05, 0) is 62.1 Å². The molecule has 194 valence electrons. The molecule has 1 saturated heterocycles. The summed E-state index contributed by atoms with van der Waals surface area (Å²) in [7, 11) is 4.51. The fourth-order valence-corrected chi connectivity index (χ4v) is 3.98. The van der Waals surface area contributed by atoms with Crippen molar-refractivity contribution in [2.45, 2.75) is 19.8 Å². The van der Waals surface area contributed by atoms with Gasteiger partial charge in [0.2, 0.25) is 5.75 Å². The van der Waals surface area contributed by atoms with E-state index in [2.05, 4.69) is 5.32 Å². The number of carbonyl (C=O) groups is 3. The Morgan fingerprint density at radius 3 is 2.06 bits per heavy atom. The van der Waals surface area contributed by atoms with Crippen molar-refractivity contribution < 1.29 is 38.1 Å². The molecule has 1 aliphatic heterocycles. The third-order valence-corrected chi connectivity index (χ3v) is 5.94. The maximum Gasteiger partial charge on any atom is 0.513 e. The van der Waals surface area contributed by atoms with Gasteiger partial charge in [-0.1, -0.05) is 0 Å². The van der Waals surface area contributed by atoms with Gasteiger partial charge < -0.3 is 33.9 Å². The average Bonchev–Trinajstić information content (AvgIpc) is 2.91. The molecule has 3 rings (SSSR count). The predicted octanol–water partition coefficient (Wildman–Crippen LogP) is 3.53. The molecule has 1 aliphatic rings. The number of ether oxygens (including phenoxy) is 5. The van der Waals surface area contributed by atoms with Crippen molar-refractivity contribution in [3.63, 3.8) is 0 Å². The lowest BCUT2D eigenvalue weighted by Gasteiger charge is -2.32. The van der Waals surface area contributed by atoms with E-state index in [4.69, 9.17) is 23.7 Å². The zero-order chi connectivity index (χ0) is 26.1. The van der Waals surface area contributed by atoms with E-state index in [1.165, 1.54) is 21.3 Å². The Morgan fingerprint density at radius 2 is 1.53 bits per heavy atom. The first-order valence-electron chi connectivity index (χ1n) is 11.7. The van der Waals surface area contributed by atoms with Crippen LogP contribution >= 0.6 is 0 Å². The van der Waals surface area contributed by atoms with Crippen molar-refractivity contribution in [3.8, 4) is 23.0 Å². The normalized spacial score (nSPS) is 13.5. The lowest BCUT2D eigenvalue weighted by molar-refractivity contribution is 0.0684. The van der Waals surface area contributed by atoms with Gasteiger partial charge >= 0.3 is 6.16 Å². The summed E-state index contributed by atoms with van der Waals surface area (Å²) in [6.07, 6.45) is 0.757. The van der Waals surface area contributed by atoms with E-state index in [-0.39, 0.29) is 24.3 Å². The lowest BCUT2D eigenvalue weighted by Crippen LogP contribution is -2.41. The number of benzene rings is 2. The van der Waals surface area contributed by atoms with Crippen molar-refractivity contribution >= 4 is 18.0 Å². The first-order chi connectivity index (χ1) is 17.4. The Kier molecular flexibility index (Phi) is 9.38. The van der Waals surface area contributed by atoms with Crippen LogP contribution in [0.3, 0.4) is 0 Å². The Bertz CT molecular complexity index is 1040. The molecule has 0 radical (unpaired) electrons. The van der Waals surface area contributed by atoms with Crippen LogP contribution in [-0.2, 0) is 4.74 Å². The summed E-state index contributed by atoms with van der Waals surface area (Å²) in [4.78, 5) is 38.8. The van der Waals surface area contributed by atoms with Gasteiger partial charge in [0.15, 0.2) is 11.5 Å². The molecule has 0 unspecified atom stereocenters. The number of likely N-dealkylation sites (tertiary alicyclic amines) is 1. The summed E-state index contributed by atoms with van der Waals surface area (Å²) >= 11 is 0. The molecule has 36 heavy (non-hydrogen) atoms. The highest BCUT2D eigenvalue weighted by molar-refractivity contribution is 5.96. The molecule has 0 saturated carbocycles. The highest BCUT2D eigenvalue weighted by Gasteiger charge is 2.25. The Morgan fingerprint density at radius 1 is 0.917 bits per heavy atom. The van der Waals surface area contributed by atoms with Gasteiger partial charge in [-0.2, -0.15) is 0 Å². The number of piperidine rings is 1. The van der Waals surface area contributed by atoms with Crippen LogP contribution in [0.25, 0.3) is 0 Å². The number of nitrogens with zero attached hydrogens (tertiary/aromatic N) is 1. The maximum atomic E-state index is 12.9. The Balaban J connectivity index is 1.50.